The number of hydrogen-bond acceptors (Lipinski definition) is 8. The molecule has 0 saturated carbocycles. The summed E-state index contributed by atoms with van der Waals surface area (Å²) in [5.74, 6) is -0.770. The first-order valence-electron chi connectivity index (χ1n) is 8.71. The maximum absolute atomic E-state index is 11.7. The van der Waals surface area contributed by atoms with Crippen LogP contribution in [0.4, 0.5) is 17.1 Å². The summed E-state index contributed by atoms with van der Waals surface area (Å²) in [7, 11) is -4.80. The van der Waals surface area contributed by atoms with Gasteiger partial charge in [0.2, 0.25) is 0 Å². The van der Waals surface area contributed by atoms with E-state index in [2.05, 4.69) is 10.2 Å². The number of non-ortho nitro benzene ring substituents is 1. The molecule has 12 heteroatoms. The number of phenols is 2. The van der Waals surface area contributed by atoms with Crippen LogP contribution >= 0.6 is 0 Å². The molecule has 156 valence electrons. The van der Waals surface area contributed by atoms with Gasteiger partial charge in [0, 0.05) is 34.4 Å². The van der Waals surface area contributed by atoms with Gasteiger partial charge in [-0.25, -0.2) is 0 Å². The van der Waals surface area contributed by atoms with Gasteiger partial charge < -0.3 is 10.2 Å². The van der Waals surface area contributed by atoms with Gasteiger partial charge in [0.1, 0.15) is 22.0 Å². The van der Waals surface area contributed by atoms with Crippen LogP contribution in [0.2, 0.25) is 0 Å². The number of phenolic OH excluding ortho intramolecular Hbond substituents is 2. The molecule has 0 aliphatic rings. The van der Waals surface area contributed by atoms with Crippen LogP contribution in [0.15, 0.2) is 75.8 Å². The third kappa shape index (κ3) is 4.29. The average molecular weight is 462 g/mol. The number of hydrogen-bond donors (Lipinski definition) is 3. The number of aromatic hydroxyl groups is 2. The van der Waals surface area contributed by atoms with E-state index in [9.17, 15) is 33.3 Å². The molecular formula is C20H13N3NaO7S+. The number of azo groups is 1. The van der Waals surface area contributed by atoms with Crippen molar-refractivity contribution in [1.29, 1.82) is 0 Å². The molecule has 0 aliphatic heterocycles. The number of fused-ring (bicyclic) bond motifs is 2. The molecule has 4 aromatic carbocycles. The van der Waals surface area contributed by atoms with Crippen molar-refractivity contribution in [2.24, 2.45) is 10.2 Å². The fourth-order valence-electron chi connectivity index (χ4n) is 3.21. The number of benzene rings is 4. The van der Waals surface area contributed by atoms with E-state index in [-0.39, 0.29) is 57.5 Å². The molecule has 0 fully saturated rings. The summed E-state index contributed by atoms with van der Waals surface area (Å²) >= 11 is 0. The average Bonchev–Trinajstić information content (AvgIpc) is 2.73. The van der Waals surface area contributed by atoms with Gasteiger partial charge in [-0.3, -0.25) is 14.7 Å². The third-order valence-corrected chi connectivity index (χ3v) is 5.55. The Morgan fingerprint density at radius 2 is 1.59 bits per heavy atom. The number of nitrogens with zero attached hydrogens (tertiary/aromatic N) is 3. The Bertz CT molecular complexity index is 1520. The summed E-state index contributed by atoms with van der Waals surface area (Å²) < 4.78 is 32.9. The molecule has 0 heterocycles. The second-order valence-electron chi connectivity index (χ2n) is 6.56. The second kappa shape index (κ2) is 8.81. The molecule has 32 heavy (non-hydrogen) atoms. The first-order chi connectivity index (χ1) is 14.7. The number of nitro groups is 1. The summed E-state index contributed by atoms with van der Waals surface area (Å²) in [5, 5.41) is 40.9. The Balaban J connectivity index is 0.00000289. The van der Waals surface area contributed by atoms with Crippen LogP contribution in [0, 0.1) is 10.1 Å². The van der Waals surface area contributed by atoms with Gasteiger partial charge in [0.05, 0.1) is 4.92 Å². The Hall–Kier alpha value is -3.09. The largest absolute Gasteiger partial charge is 1.00 e. The van der Waals surface area contributed by atoms with Gasteiger partial charge in [-0.05, 0) is 17.5 Å². The Labute approximate surface area is 203 Å². The van der Waals surface area contributed by atoms with Gasteiger partial charge in [0.15, 0.2) is 5.75 Å². The van der Waals surface area contributed by atoms with Crippen LogP contribution in [-0.2, 0) is 10.1 Å². The minimum Gasteiger partial charge on any atom is -0.506 e. The normalized spacial score (nSPS) is 11.7. The van der Waals surface area contributed by atoms with E-state index < -0.39 is 31.4 Å². The zero-order valence-electron chi connectivity index (χ0n) is 16.5. The van der Waals surface area contributed by atoms with Crippen LogP contribution in [0.25, 0.3) is 21.5 Å². The topological polar surface area (TPSA) is 163 Å². The van der Waals surface area contributed by atoms with E-state index in [1.165, 1.54) is 12.1 Å². The monoisotopic (exact) mass is 462 g/mol. The van der Waals surface area contributed by atoms with E-state index in [0.717, 1.165) is 23.6 Å². The maximum atomic E-state index is 11.7. The van der Waals surface area contributed by atoms with E-state index >= 15 is 0 Å². The Kier molecular flexibility index (Phi) is 6.49. The van der Waals surface area contributed by atoms with Gasteiger partial charge in [-0.1, -0.05) is 30.3 Å². The first kappa shape index (κ1) is 23.6. The van der Waals surface area contributed by atoms with Crippen LogP contribution < -0.4 is 29.6 Å². The van der Waals surface area contributed by atoms with E-state index in [1.807, 2.05) is 6.07 Å². The van der Waals surface area contributed by atoms with Gasteiger partial charge >= 0.3 is 29.6 Å². The summed E-state index contributed by atoms with van der Waals surface area (Å²) in [6.45, 7) is 0. The van der Waals surface area contributed by atoms with Crippen molar-refractivity contribution < 1.29 is 57.7 Å². The van der Waals surface area contributed by atoms with Crippen molar-refractivity contribution in [3.63, 3.8) is 0 Å². The molecule has 0 aromatic heterocycles. The second-order valence-corrected chi connectivity index (χ2v) is 7.95. The molecule has 0 radical (unpaired) electrons. The van der Waals surface area contributed by atoms with E-state index in [1.54, 1.807) is 24.3 Å². The van der Waals surface area contributed by atoms with Crippen LogP contribution in [0.5, 0.6) is 11.5 Å². The minimum absolute atomic E-state index is 0. The summed E-state index contributed by atoms with van der Waals surface area (Å²) in [5.41, 5.74) is -0.518. The van der Waals surface area contributed by atoms with Crippen molar-refractivity contribution in [3.8, 4) is 11.5 Å². The molecule has 0 aliphatic carbocycles. The summed E-state index contributed by atoms with van der Waals surface area (Å²) in [6.07, 6.45) is 0. The third-order valence-electron chi connectivity index (χ3n) is 4.66. The van der Waals surface area contributed by atoms with Crippen LogP contribution in [0.3, 0.4) is 0 Å². The summed E-state index contributed by atoms with van der Waals surface area (Å²) in [4.78, 5) is 9.65. The molecule has 4 aromatic rings. The molecule has 10 nitrogen and oxygen atoms in total. The number of rotatable bonds is 4. The predicted octanol–water partition coefficient (Wildman–Crippen LogP) is 1.98. The fourth-order valence-corrected chi connectivity index (χ4v) is 3.92. The molecule has 0 atom stereocenters. The quantitative estimate of drug-likeness (QED) is 0.137. The summed E-state index contributed by atoms with van der Waals surface area (Å²) in [6, 6.07) is 14.2. The molecule has 0 bridgehead atoms. The smallest absolute Gasteiger partial charge is 0.506 e. The molecule has 4 rings (SSSR count). The van der Waals surface area contributed by atoms with Crippen molar-refractivity contribution in [3.05, 3.63) is 70.8 Å². The molecule has 0 saturated heterocycles. The van der Waals surface area contributed by atoms with E-state index in [0.29, 0.717) is 5.39 Å². The zero-order valence-corrected chi connectivity index (χ0v) is 19.3. The van der Waals surface area contributed by atoms with E-state index in [4.69, 9.17) is 0 Å². The standard InChI is InChI=1S/C20H13N3O7S.Na/c24-17-10-18(31(28,29)30)15-9-12(23(26)27)6-7-14(15)19(17)22-21-16-8-5-11-3-1-2-4-13(11)20(16)25;/h1-10,24-25H,(H,28,29,30);/q;+1. The van der Waals surface area contributed by atoms with Gasteiger partial charge in [0.25, 0.3) is 15.8 Å². The van der Waals surface area contributed by atoms with Crippen LogP contribution in [0.1, 0.15) is 0 Å². The molecule has 3 N–H and O–H groups in total. The van der Waals surface area contributed by atoms with Crippen molar-refractivity contribution in [1.82, 2.24) is 0 Å². The molecular weight excluding hydrogens is 449 g/mol. The molecule has 0 amide bonds. The number of nitro benzene ring substituents is 1. The van der Waals surface area contributed by atoms with Crippen molar-refractivity contribution in [2.75, 3.05) is 0 Å². The van der Waals surface area contributed by atoms with Crippen molar-refractivity contribution in [2.45, 2.75) is 4.90 Å². The fraction of sp³-hybridized carbons (Fsp3) is 0. The Morgan fingerprint density at radius 1 is 0.875 bits per heavy atom. The van der Waals surface area contributed by atoms with Crippen molar-refractivity contribution >= 4 is 48.7 Å². The molecule has 0 spiro atoms. The van der Waals surface area contributed by atoms with Crippen LogP contribution in [-0.4, -0.2) is 28.1 Å². The minimum atomic E-state index is -4.80. The maximum Gasteiger partial charge on any atom is 1.00 e. The zero-order chi connectivity index (χ0) is 22.3. The SMILES string of the molecule is O=[N+]([O-])c1ccc2c(N=Nc3ccc4ccccc4c3O)c(O)cc(S(=O)(=O)O)c2c1.[Na+]. The Morgan fingerprint density at radius 3 is 2.28 bits per heavy atom. The predicted molar refractivity (Wildman–Crippen MR) is 112 cm³/mol. The van der Waals surface area contributed by atoms with Gasteiger partial charge in [-0.2, -0.15) is 8.42 Å². The molecule has 0 unspecified atom stereocenters. The first-order valence-corrected chi connectivity index (χ1v) is 10.1. The van der Waals surface area contributed by atoms with Gasteiger partial charge in [-0.15, -0.1) is 10.2 Å².